The third-order valence-electron chi connectivity index (χ3n) is 5.08. The molecule has 0 bridgehead atoms. The minimum Gasteiger partial charge on any atom is -0.379 e. The first-order valence-electron chi connectivity index (χ1n) is 10.1. The summed E-state index contributed by atoms with van der Waals surface area (Å²) in [5.74, 6) is 2.10. The number of aromatic nitrogens is 3. The summed E-state index contributed by atoms with van der Waals surface area (Å²) in [6.07, 6.45) is 7.14. The van der Waals surface area contributed by atoms with Crippen molar-refractivity contribution < 1.29 is 4.74 Å². The summed E-state index contributed by atoms with van der Waals surface area (Å²) in [4.78, 5) is 16.1. The van der Waals surface area contributed by atoms with E-state index < -0.39 is 0 Å². The fourth-order valence-corrected chi connectivity index (χ4v) is 3.30. The first kappa shape index (κ1) is 19.0. The van der Waals surface area contributed by atoms with E-state index in [-0.39, 0.29) is 0 Å². The van der Waals surface area contributed by atoms with Crippen LogP contribution in [-0.2, 0) is 11.3 Å². The maximum Gasteiger partial charge on any atom is 0.229 e. The normalized spacial score (nSPS) is 17.5. The molecule has 0 unspecified atom stereocenters. The zero-order valence-corrected chi connectivity index (χ0v) is 16.2. The number of nitrogens with two attached hydrogens (primary N) is 1. The smallest absolute Gasteiger partial charge is 0.229 e. The highest BCUT2D eigenvalue weighted by Crippen LogP contribution is 2.42. The van der Waals surface area contributed by atoms with Gasteiger partial charge in [-0.1, -0.05) is 0 Å². The number of nitrogens with zero attached hydrogens (tertiary/aromatic N) is 4. The van der Waals surface area contributed by atoms with Crippen LogP contribution in [0.2, 0.25) is 0 Å². The van der Waals surface area contributed by atoms with E-state index in [1.807, 2.05) is 18.5 Å². The first-order chi connectivity index (χ1) is 13.8. The van der Waals surface area contributed by atoms with Gasteiger partial charge in [0.25, 0.3) is 0 Å². The maximum atomic E-state index is 5.60. The lowest BCUT2D eigenvalue weighted by Crippen LogP contribution is -2.35. The van der Waals surface area contributed by atoms with E-state index in [4.69, 9.17) is 15.5 Å². The Kier molecular flexibility index (Phi) is 6.31. The van der Waals surface area contributed by atoms with Crippen LogP contribution in [-0.4, -0.2) is 59.2 Å². The maximum absolute atomic E-state index is 5.60. The number of hydrogen-bond acceptors (Lipinski definition) is 8. The molecule has 28 heavy (non-hydrogen) atoms. The van der Waals surface area contributed by atoms with Gasteiger partial charge in [0.1, 0.15) is 5.82 Å². The van der Waals surface area contributed by atoms with E-state index in [9.17, 15) is 0 Å². The summed E-state index contributed by atoms with van der Waals surface area (Å²) in [7, 11) is 0. The van der Waals surface area contributed by atoms with Crippen molar-refractivity contribution in [2.45, 2.75) is 31.7 Å². The molecule has 0 radical (unpaired) electrons. The monoisotopic (exact) mass is 383 g/mol. The summed E-state index contributed by atoms with van der Waals surface area (Å²) in [5, 5.41) is 6.68. The first-order valence-corrected chi connectivity index (χ1v) is 10.1. The van der Waals surface area contributed by atoms with Crippen LogP contribution in [0.3, 0.4) is 0 Å². The highest BCUT2D eigenvalue weighted by Gasteiger charge is 2.27. The number of nitrogens with one attached hydrogen (secondary N) is 2. The summed E-state index contributed by atoms with van der Waals surface area (Å²) in [5.41, 5.74) is 8.76. The van der Waals surface area contributed by atoms with Crippen molar-refractivity contribution in [1.82, 2.24) is 19.9 Å². The third-order valence-corrected chi connectivity index (χ3v) is 5.08. The van der Waals surface area contributed by atoms with Gasteiger partial charge in [0.2, 0.25) is 5.95 Å². The molecule has 0 atom stereocenters. The molecule has 1 aliphatic carbocycles. The Balaban J connectivity index is 1.39. The van der Waals surface area contributed by atoms with Crippen LogP contribution in [0.25, 0.3) is 0 Å². The highest BCUT2D eigenvalue weighted by atomic mass is 16.5. The second-order valence-electron chi connectivity index (χ2n) is 7.39. The van der Waals surface area contributed by atoms with Crippen LogP contribution >= 0.6 is 0 Å². The molecule has 1 saturated carbocycles. The van der Waals surface area contributed by atoms with Crippen molar-refractivity contribution in [3.63, 3.8) is 0 Å². The van der Waals surface area contributed by atoms with Gasteiger partial charge < -0.3 is 21.1 Å². The van der Waals surface area contributed by atoms with Gasteiger partial charge >= 0.3 is 0 Å². The number of anilines is 3. The minimum absolute atomic E-state index is 0.586. The lowest BCUT2D eigenvalue weighted by molar-refractivity contribution is 0.0336. The molecule has 2 fully saturated rings. The fourth-order valence-electron chi connectivity index (χ4n) is 3.30. The van der Waals surface area contributed by atoms with E-state index in [1.165, 1.54) is 18.4 Å². The van der Waals surface area contributed by atoms with Crippen LogP contribution in [0, 0.1) is 0 Å². The van der Waals surface area contributed by atoms with Crippen molar-refractivity contribution >= 4 is 17.5 Å². The summed E-state index contributed by atoms with van der Waals surface area (Å²) < 4.78 is 5.39. The Hall–Kier alpha value is -2.29. The predicted molar refractivity (Wildman–Crippen MR) is 110 cm³/mol. The fraction of sp³-hybridized carbons (Fsp3) is 0.550. The van der Waals surface area contributed by atoms with Crippen molar-refractivity contribution in [3.05, 3.63) is 35.8 Å². The van der Waals surface area contributed by atoms with Crippen LogP contribution < -0.4 is 16.4 Å². The van der Waals surface area contributed by atoms with E-state index in [0.29, 0.717) is 18.4 Å². The molecule has 0 aromatic carbocycles. The molecule has 2 aromatic rings. The van der Waals surface area contributed by atoms with E-state index in [1.54, 1.807) is 0 Å². The van der Waals surface area contributed by atoms with Crippen LogP contribution in [0.4, 0.5) is 17.5 Å². The number of rotatable bonds is 9. The summed E-state index contributed by atoms with van der Waals surface area (Å²) in [6.45, 7) is 5.87. The predicted octanol–water partition coefficient (Wildman–Crippen LogP) is 2.09. The number of pyridine rings is 1. The Bertz CT molecular complexity index is 758. The molecule has 4 N–H and O–H groups in total. The molecule has 150 valence electrons. The van der Waals surface area contributed by atoms with Crippen LogP contribution in [0.15, 0.2) is 24.5 Å². The summed E-state index contributed by atoms with van der Waals surface area (Å²) in [6, 6.07) is 4.08. The van der Waals surface area contributed by atoms with Gasteiger partial charge in [-0.2, -0.15) is 4.98 Å². The van der Waals surface area contributed by atoms with Gasteiger partial charge in [-0.05, 0) is 43.9 Å². The Labute approximate surface area is 165 Å². The van der Waals surface area contributed by atoms with Gasteiger partial charge in [0.05, 0.1) is 30.8 Å². The molecule has 2 aromatic heterocycles. The van der Waals surface area contributed by atoms with Crippen molar-refractivity contribution in [2.75, 3.05) is 50.0 Å². The standard InChI is InChI=1S/C20H29N7O/c21-6-1-7-22-19-18(15-2-3-15)13-24-20(26-19)25-16-4-5-17(23-12-16)14-27-8-10-28-11-9-27/h4-5,12-13,15H,1-3,6-11,14,21H2,(H2,22,24,25,26). The highest BCUT2D eigenvalue weighted by molar-refractivity contribution is 5.56. The van der Waals surface area contributed by atoms with Gasteiger partial charge in [0.15, 0.2) is 0 Å². The van der Waals surface area contributed by atoms with Crippen molar-refractivity contribution in [2.24, 2.45) is 5.73 Å². The Morgan fingerprint density at radius 2 is 2.00 bits per heavy atom. The average molecular weight is 384 g/mol. The average Bonchev–Trinajstić information content (AvgIpc) is 3.56. The molecular formula is C20H29N7O. The Morgan fingerprint density at radius 3 is 2.71 bits per heavy atom. The Morgan fingerprint density at radius 1 is 1.14 bits per heavy atom. The van der Waals surface area contributed by atoms with Crippen molar-refractivity contribution in [3.8, 4) is 0 Å². The largest absolute Gasteiger partial charge is 0.379 e. The van der Waals surface area contributed by atoms with E-state index >= 15 is 0 Å². The van der Waals surface area contributed by atoms with E-state index in [2.05, 4.69) is 31.6 Å². The number of hydrogen-bond donors (Lipinski definition) is 3. The molecule has 0 amide bonds. The van der Waals surface area contributed by atoms with Gasteiger partial charge in [-0.25, -0.2) is 4.98 Å². The lowest BCUT2D eigenvalue weighted by atomic mass is 10.2. The molecular weight excluding hydrogens is 354 g/mol. The van der Waals surface area contributed by atoms with Crippen LogP contribution in [0.5, 0.6) is 0 Å². The zero-order valence-electron chi connectivity index (χ0n) is 16.2. The molecule has 0 spiro atoms. The molecule has 8 nitrogen and oxygen atoms in total. The number of ether oxygens (including phenoxy) is 1. The summed E-state index contributed by atoms with van der Waals surface area (Å²) >= 11 is 0. The molecule has 1 saturated heterocycles. The van der Waals surface area contributed by atoms with Crippen molar-refractivity contribution in [1.29, 1.82) is 0 Å². The van der Waals surface area contributed by atoms with Gasteiger partial charge in [0, 0.05) is 37.9 Å². The second kappa shape index (κ2) is 9.27. The SMILES string of the molecule is NCCCNc1nc(Nc2ccc(CN3CCOCC3)nc2)ncc1C1CC1. The molecule has 3 heterocycles. The lowest BCUT2D eigenvalue weighted by Gasteiger charge is -2.26. The topological polar surface area (TPSA) is 101 Å². The number of morpholine rings is 1. The third kappa shape index (κ3) is 5.15. The quantitative estimate of drug-likeness (QED) is 0.566. The van der Waals surface area contributed by atoms with Gasteiger partial charge in [-0.15, -0.1) is 0 Å². The molecule has 2 aliphatic rings. The molecule has 1 aliphatic heterocycles. The second-order valence-corrected chi connectivity index (χ2v) is 7.39. The zero-order chi connectivity index (χ0) is 19.2. The molecule has 4 rings (SSSR count). The van der Waals surface area contributed by atoms with Crippen LogP contribution in [0.1, 0.15) is 36.4 Å². The van der Waals surface area contributed by atoms with Gasteiger partial charge in [-0.3, -0.25) is 9.88 Å². The van der Waals surface area contributed by atoms with E-state index in [0.717, 1.165) is 63.0 Å². The molecule has 8 heteroatoms. The minimum atomic E-state index is 0.586.